The molecule has 0 saturated heterocycles. The first-order chi connectivity index (χ1) is 15.6. The zero-order valence-electron chi connectivity index (χ0n) is 17.6. The number of amides is 2. The van der Waals surface area contributed by atoms with Gasteiger partial charge in [0.2, 0.25) is 0 Å². The fourth-order valence-corrected chi connectivity index (χ4v) is 3.35. The van der Waals surface area contributed by atoms with Crippen LogP contribution in [0.1, 0.15) is 22.8 Å². The van der Waals surface area contributed by atoms with Crippen molar-refractivity contribution in [2.24, 2.45) is 0 Å². The number of hydrogen-bond donors (Lipinski definition) is 2. The molecule has 4 rings (SSSR count). The van der Waals surface area contributed by atoms with Crippen molar-refractivity contribution in [3.63, 3.8) is 0 Å². The van der Waals surface area contributed by atoms with Crippen LogP contribution >= 0.6 is 0 Å². The average molecular weight is 425 g/mol. The van der Waals surface area contributed by atoms with Crippen LogP contribution in [-0.2, 0) is 11.3 Å². The van der Waals surface area contributed by atoms with Gasteiger partial charge in [-0.05, 0) is 42.1 Å². The van der Waals surface area contributed by atoms with Gasteiger partial charge in [0, 0.05) is 24.3 Å². The summed E-state index contributed by atoms with van der Waals surface area (Å²) in [5.74, 6) is 0.00562. The molecule has 0 fully saturated rings. The second kappa shape index (κ2) is 9.75. The summed E-state index contributed by atoms with van der Waals surface area (Å²) in [6, 6.07) is 24.1. The van der Waals surface area contributed by atoms with E-state index in [9.17, 15) is 9.59 Å². The van der Waals surface area contributed by atoms with Crippen molar-refractivity contribution in [1.82, 2.24) is 10.3 Å². The van der Waals surface area contributed by atoms with E-state index < -0.39 is 6.10 Å². The molecule has 0 aliphatic heterocycles. The highest BCUT2D eigenvalue weighted by Crippen LogP contribution is 2.26. The minimum absolute atomic E-state index is 0.285. The Bertz CT molecular complexity index is 1240. The quantitative estimate of drug-likeness (QED) is 0.455. The third-order valence-electron chi connectivity index (χ3n) is 5.03. The van der Waals surface area contributed by atoms with E-state index in [4.69, 9.17) is 4.74 Å². The molecule has 4 aromatic rings. The van der Waals surface area contributed by atoms with Crippen molar-refractivity contribution in [2.45, 2.75) is 19.6 Å². The molecule has 160 valence electrons. The fourth-order valence-electron chi connectivity index (χ4n) is 3.35. The van der Waals surface area contributed by atoms with Crippen LogP contribution in [-0.4, -0.2) is 22.9 Å². The minimum atomic E-state index is -0.757. The first-order valence-electron chi connectivity index (χ1n) is 10.3. The van der Waals surface area contributed by atoms with Gasteiger partial charge in [0.25, 0.3) is 11.8 Å². The molecule has 6 heteroatoms. The molecule has 0 bridgehead atoms. The zero-order valence-corrected chi connectivity index (χ0v) is 17.6. The molecule has 0 spiro atoms. The first-order valence-corrected chi connectivity index (χ1v) is 10.3. The highest BCUT2D eigenvalue weighted by molar-refractivity contribution is 6.04. The maximum atomic E-state index is 12.8. The maximum Gasteiger partial charge on any atom is 0.265 e. The lowest BCUT2D eigenvalue weighted by Gasteiger charge is -2.17. The van der Waals surface area contributed by atoms with Crippen LogP contribution in [0.25, 0.3) is 10.8 Å². The third-order valence-corrected chi connectivity index (χ3v) is 5.03. The monoisotopic (exact) mass is 425 g/mol. The van der Waals surface area contributed by atoms with Crippen molar-refractivity contribution in [3.8, 4) is 5.75 Å². The van der Waals surface area contributed by atoms with E-state index in [2.05, 4.69) is 15.6 Å². The van der Waals surface area contributed by atoms with Gasteiger partial charge in [-0.1, -0.05) is 54.6 Å². The van der Waals surface area contributed by atoms with Crippen molar-refractivity contribution < 1.29 is 14.3 Å². The van der Waals surface area contributed by atoms with E-state index in [0.29, 0.717) is 23.5 Å². The summed E-state index contributed by atoms with van der Waals surface area (Å²) in [4.78, 5) is 29.6. The Morgan fingerprint density at radius 3 is 2.56 bits per heavy atom. The topological polar surface area (TPSA) is 80.3 Å². The van der Waals surface area contributed by atoms with Crippen LogP contribution in [0.5, 0.6) is 5.75 Å². The van der Waals surface area contributed by atoms with Crippen molar-refractivity contribution in [2.75, 3.05) is 5.32 Å². The molecular formula is C26H23N3O3. The first kappa shape index (κ1) is 21.1. The number of carbonyl (C=O) groups is 2. The number of benzene rings is 3. The standard InChI is InChI=1S/C26H23N3O3/c1-18(32-24-14-6-10-20-9-2-3-11-21(20)24)25(30)29-23-13-5-4-12-22(23)26(31)28-17-19-8-7-15-27-16-19/h2-16,18H,17H2,1H3,(H,28,31)(H,29,30). The normalized spacial score (nSPS) is 11.5. The Morgan fingerprint density at radius 1 is 0.938 bits per heavy atom. The van der Waals surface area contributed by atoms with Crippen LogP contribution in [0, 0.1) is 0 Å². The summed E-state index contributed by atoms with van der Waals surface area (Å²) >= 11 is 0. The molecule has 2 amide bonds. The number of carbonyl (C=O) groups excluding carboxylic acids is 2. The number of aromatic nitrogens is 1. The molecule has 1 atom stereocenters. The lowest BCUT2D eigenvalue weighted by atomic mass is 10.1. The number of fused-ring (bicyclic) bond motifs is 1. The predicted octanol–water partition coefficient (Wildman–Crippen LogP) is 4.57. The Kier molecular flexibility index (Phi) is 6.41. The highest BCUT2D eigenvalue weighted by Gasteiger charge is 2.19. The number of para-hydroxylation sites is 1. The van der Waals surface area contributed by atoms with Crippen molar-refractivity contribution in [3.05, 3.63) is 102 Å². The summed E-state index contributed by atoms with van der Waals surface area (Å²) in [5, 5.41) is 7.65. The Labute approximate surface area is 186 Å². The van der Waals surface area contributed by atoms with Gasteiger partial charge in [-0.25, -0.2) is 0 Å². The van der Waals surface area contributed by atoms with Crippen LogP contribution in [0.2, 0.25) is 0 Å². The average Bonchev–Trinajstić information content (AvgIpc) is 2.83. The summed E-state index contributed by atoms with van der Waals surface area (Å²) in [7, 11) is 0. The summed E-state index contributed by atoms with van der Waals surface area (Å²) in [6.07, 6.45) is 2.62. The lowest BCUT2D eigenvalue weighted by Crippen LogP contribution is -2.31. The molecule has 1 unspecified atom stereocenters. The largest absolute Gasteiger partial charge is 0.480 e. The van der Waals surface area contributed by atoms with Crippen LogP contribution in [0.15, 0.2) is 91.3 Å². The molecule has 0 radical (unpaired) electrons. The van der Waals surface area contributed by atoms with Gasteiger partial charge in [0.15, 0.2) is 6.10 Å². The Hall–Kier alpha value is -4.19. The van der Waals surface area contributed by atoms with E-state index in [1.54, 1.807) is 43.6 Å². The van der Waals surface area contributed by atoms with Gasteiger partial charge in [-0.2, -0.15) is 0 Å². The van der Waals surface area contributed by atoms with Gasteiger partial charge in [0.1, 0.15) is 5.75 Å². The molecule has 6 nitrogen and oxygen atoms in total. The Balaban J connectivity index is 1.44. The van der Waals surface area contributed by atoms with Crippen molar-refractivity contribution >= 4 is 28.3 Å². The molecule has 2 N–H and O–H groups in total. The van der Waals surface area contributed by atoms with E-state index in [1.165, 1.54) is 0 Å². The maximum absolute atomic E-state index is 12.8. The molecule has 1 heterocycles. The van der Waals surface area contributed by atoms with Crippen molar-refractivity contribution in [1.29, 1.82) is 0 Å². The summed E-state index contributed by atoms with van der Waals surface area (Å²) in [5.41, 5.74) is 1.69. The van der Waals surface area contributed by atoms with E-state index in [0.717, 1.165) is 16.3 Å². The SMILES string of the molecule is CC(Oc1cccc2ccccc12)C(=O)Nc1ccccc1C(=O)NCc1cccnc1. The minimum Gasteiger partial charge on any atom is -0.480 e. The summed E-state index contributed by atoms with van der Waals surface area (Å²) < 4.78 is 5.95. The number of nitrogens with one attached hydrogen (secondary N) is 2. The molecule has 0 saturated carbocycles. The van der Waals surface area contributed by atoms with E-state index in [-0.39, 0.29) is 11.8 Å². The van der Waals surface area contributed by atoms with Crippen LogP contribution in [0.4, 0.5) is 5.69 Å². The number of ether oxygens (including phenoxy) is 1. The second-order valence-electron chi connectivity index (χ2n) is 7.32. The smallest absolute Gasteiger partial charge is 0.265 e. The van der Waals surface area contributed by atoms with Gasteiger partial charge in [0.05, 0.1) is 11.3 Å². The van der Waals surface area contributed by atoms with Crippen LogP contribution < -0.4 is 15.4 Å². The Morgan fingerprint density at radius 2 is 1.72 bits per heavy atom. The van der Waals surface area contributed by atoms with Gasteiger partial charge in [-0.3, -0.25) is 14.6 Å². The summed E-state index contributed by atoms with van der Waals surface area (Å²) in [6.45, 7) is 2.03. The molecule has 1 aromatic heterocycles. The molecular weight excluding hydrogens is 402 g/mol. The zero-order chi connectivity index (χ0) is 22.3. The number of anilines is 1. The molecule has 3 aromatic carbocycles. The molecule has 32 heavy (non-hydrogen) atoms. The highest BCUT2D eigenvalue weighted by atomic mass is 16.5. The number of hydrogen-bond acceptors (Lipinski definition) is 4. The third kappa shape index (κ3) is 4.92. The fraction of sp³-hybridized carbons (Fsp3) is 0.115. The van der Waals surface area contributed by atoms with E-state index in [1.807, 2.05) is 54.6 Å². The number of nitrogens with zero attached hydrogens (tertiary/aromatic N) is 1. The van der Waals surface area contributed by atoms with Crippen LogP contribution in [0.3, 0.4) is 0 Å². The molecule has 0 aliphatic carbocycles. The van der Waals surface area contributed by atoms with Gasteiger partial charge < -0.3 is 15.4 Å². The van der Waals surface area contributed by atoms with Gasteiger partial charge in [-0.15, -0.1) is 0 Å². The number of rotatable bonds is 7. The van der Waals surface area contributed by atoms with E-state index >= 15 is 0 Å². The second-order valence-corrected chi connectivity index (χ2v) is 7.32. The molecule has 0 aliphatic rings. The van der Waals surface area contributed by atoms with Gasteiger partial charge >= 0.3 is 0 Å². The number of pyridine rings is 1. The predicted molar refractivity (Wildman–Crippen MR) is 125 cm³/mol. The lowest BCUT2D eigenvalue weighted by molar-refractivity contribution is -0.122.